The smallest absolute Gasteiger partial charge is 0.261 e. The van der Waals surface area contributed by atoms with Gasteiger partial charge in [-0.2, -0.15) is 0 Å². The molecule has 3 nitrogen and oxygen atoms in total. The Morgan fingerprint density at radius 1 is 1.00 bits per heavy atom. The van der Waals surface area contributed by atoms with Crippen LogP contribution in [-0.4, -0.2) is 11.0 Å². The fourth-order valence-corrected chi connectivity index (χ4v) is 2.47. The molecule has 2 aromatic rings. The van der Waals surface area contributed by atoms with E-state index in [0.29, 0.717) is 16.8 Å². The Morgan fingerprint density at radius 3 is 2.28 bits per heavy atom. The van der Waals surface area contributed by atoms with Crippen LogP contribution >= 0.6 is 0 Å². The molecule has 0 aliphatic carbocycles. The Hall–Kier alpha value is -2.13. The third-order valence-electron chi connectivity index (χ3n) is 3.32. The third-order valence-corrected chi connectivity index (χ3v) is 3.32. The highest BCUT2D eigenvalue weighted by molar-refractivity contribution is 6.11. The van der Waals surface area contributed by atoms with Crippen LogP contribution in [0.3, 0.4) is 0 Å². The molecule has 90 valence electrons. The Balaban J connectivity index is 2.18. The maximum atomic E-state index is 12.4. The molecule has 18 heavy (non-hydrogen) atoms. The number of benzene rings is 2. The van der Waals surface area contributed by atoms with Crippen LogP contribution in [0.25, 0.3) is 0 Å². The number of para-hydroxylation sites is 1. The fourth-order valence-electron chi connectivity index (χ4n) is 2.47. The van der Waals surface area contributed by atoms with Gasteiger partial charge in [0.25, 0.3) is 5.91 Å². The van der Waals surface area contributed by atoms with Crippen LogP contribution < -0.4 is 4.90 Å². The predicted molar refractivity (Wildman–Crippen MR) is 69.3 cm³/mol. The molecule has 2 aromatic carbocycles. The fraction of sp³-hybridized carbons (Fsp3) is 0.133. The SMILES string of the molecule is CC1(O)c2ccccc2C(=O)N1c1ccccc1. The number of carbonyl (C=O) groups excluding carboxylic acids is 1. The van der Waals surface area contributed by atoms with Gasteiger partial charge in [-0.3, -0.25) is 9.69 Å². The van der Waals surface area contributed by atoms with E-state index in [9.17, 15) is 9.90 Å². The van der Waals surface area contributed by atoms with Crippen LogP contribution in [0, 0.1) is 0 Å². The van der Waals surface area contributed by atoms with Crippen LogP contribution in [0.1, 0.15) is 22.8 Å². The van der Waals surface area contributed by atoms with Gasteiger partial charge in [0.15, 0.2) is 5.72 Å². The molecule has 0 bridgehead atoms. The van der Waals surface area contributed by atoms with Crippen LogP contribution in [0.15, 0.2) is 54.6 Å². The van der Waals surface area contributed by atoms with E-state index in [0.717, 1.165) is 0 Å². The molecule has 1 N–H and O–H groups in total. The van der Waals surface area contributed by atoms with E-state index in [1.807, 2.05) is 36.4 Å². The van der Waals surface area contributed by atoms with Crippen molar-refractivity contribution in [1.29, 1.82) is 0 Å². The summed E-state index contributed by atoms with van der Waals surface area (Å²) in [5.41, 5.74) is 0.614. The highest BCUT2D eigenvalue weighted by Gasteiger charge is 2.45. The standard InChI is InChI=1S/C15H13NO2/c1-15(18)13-10-6-5-9-12(13)14(17)16(15)11-7-3-2-4-8-11/h2-10,18H,1H3. The number of hydrogen-bond donors (Lipinski definition) is 1. The zero-order valence-electron chi connectivity index (χ0n) is 10.00. The predicted octanol–water partition coefficient (Wildman–Crippen LogP) is 2.51. The molecule has 0 spiro atoms. The molecule has 1 unspecified atom stereocenters. The first-order chi connectivity index (χ1) is 8.62. The first kappa shape index (κ1) is 11.0. The van der Waals surface area contributed by atoms with E-state index in [2.05, 4.69) is 0 Å². The van der Waals surface area contributed by atoms with E-state index >= 15 is 0 Å². The molecule has 0 saturated carbocycles. The van der Waals surface area contributed by atoms with Gasteiger partial charge in [0.05, 0.1) is 0 Å². The van der Waals surface area contributed by atoms with Crippen molar-refractivity contribution in [3.63, 3.8) is 0 Å². The van der Waals surface area contributed by atoms with Gasteiger partial charge in [0, 0.05) is 16.8 Å². The number of anilines is 1. The lowest BCUT2D eigenvalue weighted by molar-refractivity contribution is 0.0555. The molecule has 0 aromatic heterocycles. The summed E-state index contributed by atoms with van der Waals surface area (Å²) in [6, 6.07) is 16.4. The average molecular weight is 239 g/mol. The lowest BCUT2D eigenvalue weighted by Crippen LogP contribution is -2.41. The summed E-state index contributed by atoms with van der Waals surface area (Å²) in [7, 11) is 0. The van der Waals surface area contributed by atoms with Gasteiger partial charge >= 0.3 is 0 Å². The number of aliphatic hydroxyl groups is 1. The highest BCUT2D eigenvalue weighted by Crippen LogP contribution is 2.39. The normalized spacial score (nSPS) is 22.1. The van der Waals surface area contributed by atoms with E-state index < -0.39 is 5.72 Å². The molecule has 3 rings (SSSR count). The van der Waals surface area contributed by atoms with Gasteiger partial charge in [-0.15, -0.1) is 0 Å². The first-order valence-electron chi connectivity index (χ1n) is 5.84. The first-order valence-corrected chi connectivity index (χ1v) is 5.84. The van der Waals surface area contributed by atoms with Crippen molar-refractivity contribution in [2.24, 2.45) is 0 Å². The largest absolute Gasteiger partial charge is 0.367 e. The van der Waals surface area contributed by atoms with Crippen molar-refractivity contribution < 1.29 is 9.90 Å². The molecule has 1 amide bonds. The third kappa shape index (κ3) is 1.38. The van der Waals surface area contributed by atoms with E-state index in [4.69, 9.17) is 0 Å². The van der Waals surface area contributed by atoms with Crippen molar-refractivity contribution in [3.8, 4) is 0 Å². The minimum absolute atomic E-state index is 0.165. The number of carbonyl (C=O) groups is 1. The highest BCUT2D eigenvalue weighted by atomic mass is 16.3. The Kier molecular flexibility index (Phi) is 2.25. The molecule has 0 saturated heterocycles. The molecule has 1 atom stereocenters. The van der Waals surface area contributed by atoms with E-state index in [1.165, 1.54) is 4.90 Å². The average Bonchev–Trinajstić information content (AvgIpc) is 2.59. The van der Waals surface area contributed by atoms with Crippen LogP contribution in [0.4, 0.5) is 5.69 Å². The quantitative estimate of drug-likeness (QED) is 0.830. The topological polar surface area (TPSA) is 40.5 Å². The zero-order chi connectivity index (χ0) is 12.8. The van der Waals surface area contributed by atoms with E-state index in [1.54, 1.807) is 25.1 Å². The van der Waals surface area contributed by atoms with Gasteiger partial charge in [-0.25, -0.2) is 0 Å². The van der Waals surface area contributed by atoms with Gasteiger partial charge in [0.1, 0.15) is 0 Å². The van der Waals surface area contributed by atoms with Gasteiger partial charge in [0.2, 0.25) is 0 Å². The number of amides is 1. The number of hydrogen-bond acceptors (Lipinski definition) is 2. The van der Waals surface area contributed by atoms with Crippen molar-refractivity contribution in [2.75, 3.05) is 4.90 Å². The second kappa shape index (κ2) is 3.68. The van der Waals surface area contributed by atoms with Crippen LogP contribution in [0.2, 0.25) is 0 Å². The minimum Gasteiger partial charge on any atom is -0.367 e. The maximum Gasteiger partial charge on any atom is 0.261 e. The van der Waals surface area contributed by atoms with Gasteiger partial charge in [-0.1, -0.05) is 36.4 Å². The Bertz CT molecular complexity index is 605. The van der Waals surface area contributed by atoms with Crippen molar-refractivity contribution >= 4 is 11.6 Å². The van der Waals surface area contributed by atoms with E-state index in [-0.39, 0.29) is 5.91 Å². The summed E-state index contributed by atoms with van der Waals surface area (Å²) in [5, 5.41) is 10.6. The summed E-state index contributed by atoms with van der Waals surface area (Å²) in [6.45, 7) is 1.64. The number of nitrogens with zero attached hydrogens (tertiary/aromatic N) is 1. The van der Waals surface area contributed by atoms with Crippen molar-refractivity contribution in [3.05, 3.63) is 65.7 Å². The molecule has 1 heterocycles. The summed E-state index contributed by atoms with van der Waals surface area (Å²) >= 11 is 0. The van der Waals surface area contributed by atoms with Gasteiger partial charge in [-0.05, 0) is 25.1 Å². The summed E-state index contributed by atoms with van der Waals surface area (Å²) in [6.07, 6.45) is 0. The lowest BCUT2D eigenvalue weighted by Gasteiger charge is -2.30. The molecule has 3 heteroatoms. The van der Waals surface area contributed by atoms with Crippen LogP contribution in [0.5, 0.6) is 0 Å². The minimum atomic E-state index is -1.30. The maximum absolute atomic E-state index is 12.4. The van der Waals surface area contributed by atoms with Gasteiger partial charge < -0.3 is 5.11 Å². The lowest BCUT2D eigenvalue weighted by atomic mass is 10.0. The molecule has 0 fully saturated rings. The zero-order valence-corrected chi connectivity index (χ0v) is 10.00. The molecular weight excluding hydrogens is 226 g/mol. The number of rotatable bonds is 1. The van der Waals surface area contributed by atoms with Crippen molar-refractivity contribution in [1.82, 2.24) is 0 Å². The van der Waals surface area contributed by atoms with Crippen LogP contribution in [-0.2, 0) is 5.72 Å². The second-order valence-corrected chi connectivity index (χ2v) is 4.54. The Morgan fingerprint density at radius 2 is 1.61 bits per heavy atom. The summed E-state index contributed by atoms with van der Waals surface area (Å²) < 4.78 is 0. The molecule has 0 radical (unpaired) electrons. The summed E-state index contributed by atoms with van der Waals surface area (Å²) in [5.74, 6) is -0.165. The molecule has 1 aliphatic heterocycles. The molecular formula is C15H13NO2. The summed E-state index contributed by atoms with van der Waals surface area (Å²) in [4.78, 5) is 13.8. The second-order valence-electron chi connectivity index (χ2n) is 4.54. The Labute approximate surface area is 105 Å². The number of fused-ring (bicyclic) bond motifs is 1. The van der Waals surface area contributed by atoms with Crippen molar-refractivity contribution in [2.45, 2.75) is 12.6 Å². The monoisotopic (exact) mass is 239 g/mol. The molecule has 1 aliphatic rings.